The van der Waals surface area contributed by atoms with E-state index < -0.39 is 0 Å². The minimum absolute atomic E-state index is 0. The number of aryl methyl sites for hydroxylation is 2. The summed E-state index contributed by atoms with van der Waals surface area (Å²) in [6.07, 6.45) is 2.89. The highest BCUT2D eigenvalue weighted by molar-refractivity contribution is 14.0. The molecule has 2 aromatic carbocycles. The smallest absolute Gasteiger partial charge is 0.193 e. The third-order valence-corrected chi connectivity index (χ3v) is 5.50. The molecule has 7 heteroatoms. The van der Waals surface area contributed by atoms with Crippen molar-refractivity contribution in [1.82, 2.24) is 0 Å². The summed E-state index contributed by atoms with van der Waals surface area (Å²) >= 11 is 0. The number of piperidine rings is 1. The Morgan fingerprint density at radius 1 is 1.17 bits per heavy atom. The van der Waals surface area contributed by atoms with Gasteiger partial charge in [-0.05, 0) is 54.5 Å². The van der Waals surface area contributed by atoms with E-state index in [1.54, 1.807) is 6.07 Å². The van der Waals surface area contributed by atoms with Gasteiger partial charge >= 0.3 is 0 Å². The van der Waals surface area contributed by atoms with Gasteiger partial charge in [-0.3, -0.25) is 0 Å². The first-order valence-corrected chi connectivity index (χ1v) is 10.4. The molecule has 30 heavy (non-hydrogen) atoms. The van der Waals surface area contributed by atoms with E-state index in [1.807, 2.05) is 11.0 Å². The molecule has 5 nitrogen and oxygen atoms in total. The second kappa shape index (κ2) is 11.5. The van der Waals surface area contributed by atoms with Crippen LogP contribution in [0.2, 0.25) is 0 Å². The lowest BCUT2D eigenvalue weighted by molar-refractivity contribution is 0.145. The summed E-state index contributed by atoms with van der Waals surface area (Å²) in [5.41, 5.74) is 10.9. The zero-order chi connectivity index (χ0) is 20.8. The summed E-state index contributed by atoms with van der Waals surface area (Å²) in [5.74, 6) is 0.0697. The Bertz CT molecular complexity index is 844. The van der Waals surface area contributed by atoms with Gasteiger partial charge in [-0.25, -0.2) is 9.38 Å². The van der Waals surface area contributed by atoms with E-state index in [1.165, 1.54) is 17.2 Å². The van der Waals surface area contributed by atoms with E-state index in [-0.39, 0.29) is 35.9 Å². The van der Waals surface area contributed by atoms with Gasteiger partial charge in [0.2, 0.25) is 0 Å². The maximum absolute atomic E-state index is 14.6. The van der Waals surface area contributed by atoms with Crippen LogP contribution < -0.4 is 16.0 Å². The molecule has 0 amide bonds. The summed E-state index contributed by atoms with van der Waals surface area (Å²) in [4.78, 5) is 6.39. The first-order valence-electron chi connectivity index (χ1n) is 10.4. The predicted molar refractivity (Wildman–Crippen MR) is 133 cm³/mol. The highest BCUT2D eigenvalue weighted by Gasteiger charge is 2.19. The third kappa shape index (κ3) is 6.07. The molecular weight excluding hydrogens is 494 g/mol. The quantitative estimate of drug-likeness (QED) is 0.296. The fourth-order valence-corrected chi connectivity index (χ4v) is 3.76. The van der Waals surface area contributed by atoms with Gasteiger partial charge in [0.05, 0.1) is 18.3 Å². The van der Waals surface area contributed by atoms with Crippen LogP contribution >= 0.6 is 24.0 Å². The van der Waals surface area contributed by atoms with Crippen LogP contribution in [0.1, 0.15) is 43.4 Å². The Balaban J connectivity index is 0.00000320. The topological polar surface area (TPSA) is 73.9 Å². The molecule has 1 fully saturated rings. The fraction of sp³-hybridized carbons (Fsp3) is 0.435. The Kier molecular flexibility index (Phi) is 9.36. The number of rotatable bonds is 6. The number of halogens is 2. The number of nitrogens with zero attached hydrogens (tertiary/aromatic N) is 2. The van der Waals surface area contributed by atoms with Crippen LogP contribution in [0.15, 0.2) is 41.4 Å². The molecule has 0 saturated carbocycles. The van der Waals surface area contributed by atoms with Crippen LogP contribution in [0.4, 0.5) is 15.8 Å². The third-order valence-electron chi connectivity index (χ3n) is 5.50. The molecule has 1 aliphatic rings. The van der Waals surface area contributed by atoms with Crippen LogP contribution in [0.3, 0.4) is 0 Å². The first-order chi connectivity index (χ1) is 14.0. The lowest BCUT2D eigenvalue weighted by atomic mass is 10.0. The summed E-state index contributed by atoms with van der Waals surface area (Å²) in [7, 11) is 0. The van der Waals surface area contributed by atoms with Gasteiger partial charge in [0.1, 0.15) is 5.82 Å². The number of hydrogen-bond donors (Lipinski definition) is 3. The van der Waals surface area contributed by atoms with Gasteiger partial charge in [0, 0.05) is 18.8 Å². The van der Waals surface area contributed by atoms with Crippen molar-refractivity contribution in [3.05, 3.63) is 58.9 Å². The molecule has 4 N–H and O–H groups in total. The van der Waals surface area contributed by atoms with Crippen LogP contribution in [-0.2, 0) is 19.4 Å². The Morgan fingerprint density at radius 2 is 1.80 bits per heavy atom. The highest BCUT2D eigenvalue weighted by atomic mass is 127. The van der Waals surface area contributed by atoms with Gasteiger partial charge in [-0.2, -0.15) is 0 Å². The highest BCUT2D eigenvalue weighted by Crippen LogP contribution is 2.25. The standard InChI is InChI=1S/C23H31FN4O.HI/c1-3-17-6-5-7-18(4-2)22(17)27-23(25)26-15-16-8-9-21(20(24)14-16)28-12-10-19(29)11-13-28;/h5-9,14,19,29H,3-4,10-13,15H2,1-2H3,(H3,25,26,27);1H. The van der Waals surface area contributed by atoms with Crippen molar-refractivity contribution in [3.8, 4) is 0 Å². The van der Waals surface area contributed by atoms with Crippen LogP contribution in [0.5, 0.6) is 0 Å². The van der Waals surface area contributed by atoms with Gasteiger partial charge in [-0.15, -0.1) is 24.0 Å². The molecule has 1 aliphatic heterocycles. The monoisotopic (exact) mass is 526 g/mol. The second-order valence-electron chi connectivity index (χ2n) is 7.49. The molecule has 2 aromatic rings. The molecule has 0 unspecified atom stereocenters. The van der Waals surface area contributed by atoms with Crippen LogP contribution in [-0.4, -0.2) is 30.3 Å². The SMILES string of the molecule is CCc1cccc(CC)c1NC(N)=NCc1ccc(N2CCC(O)CC2)c(F)c1.I. The van der Waals surface area contributed by atoms with Crippen molar-refractivity contribution in [1.29, 1.82) is 0 Å². The maximum atomic E-state index is 14.6. The van der Waals surface area contributed by atoms with Crippen molar-refractivity contribution in [2.24, 2.45) is 10.7 Å². The molecule has 3 rings (SSSR count). The number of benzene rings is 2. The Morgan fingerprint density at radius 3 is 2.37 bits per heavy atom. The van der Waals surface area contributed by atoms with E-state index in [0.29, 0.717) is 44.1 Å². The summed E-state index contributed by atoms with van der Waals surface area (Å²) < 4.78 is 14.6. The van der Waals surface area contributed by atoms with Crippen molar-refractivity contribution < 1.29 is 9.50 Å². The minimum Gasteiger partial charge on any atom is -0.393 e. The molecule has 0 bridgehead atoms. The van der Waals surface area contributed by atoms with Gasteiger partial charge in [0.25, 0.3) is 0 Å². The fourth-order valence-electron chi connectivity index (χ4n) is 3.76. The first kappa shape index (κ1) is 24.4. The van der Waals surface area contributed by atoms with Crippen LogP contribution in [0.25, 0.3) is 0 Å². The van der Waals surface area contributed by atoms with E-state index in [0.717, 1.165) is 24.1 Å². The van der Waals surface area contributed by atoms with E-state index in [9.17, 15) is 9.50 Å². The number of para-hydroxylation sites is 1. The lowest BCUT2D eigenvalue weighted by Gasteiger charge is -2.31. The van der Waals surface area contributed by atoms with Crippen molar-refractivity contribution in [2.45, 2.75) is 52.2 Å². The van der Waals surface area contributed by atoms with E-state index >= 15 is 0 Å². The Labute approximate surface area is 195 Å². The molecule has 0 aromatic heterocycles. The second-order valence-corrected chi connectivity index (χ2v) is 7.49. The molecule has 0 spiro atoms. The number of hydrogen-bond acceptors (Lipinski definition) is 3. The molecule has 0 radical (unpaired) electrons. The number of aliphatic imine (C=N–C) groups is 1. The van der Waals surface area contributed by atoms with Gasteiger partial charge < -0.3 is 21.1 Å². The van der Waals surface area contributed by atoms with Crippen molar-refractivity contribution >= 4 is 41.3 Å². The summed E-state index contributed by atoms with van der Waals surface area (Å²) in [5, 5.41) is 12.9. The molecule has 1 saturated heterocycles. The van der Waals surface area contributed by atoms with Gasteiger partial charge in [-0.1, -0.05) is 38.1 Å². The Hall–Kier alpha value is -1.87. The van der Waals surface area contributed by atoms with E-state index in [2.05, 4.69) is 42.4 Å². The van der Waals surface area contributed by atoms with Crippen molar-refractivity contribution in [3.63, 3.8) is 0 Å². The average Bonchev–Trinajstić information content (AvgIpc) is 2.73. The number of nitrogens with one attached hydrogen (secondary N) is 1. The lowest BCUT2D eigenvalue weighted by Crippen LogP contribution is -2.36. The molecule has 164 valence electrons. The number of guanidine groups is 1. The van der Waals surface area contributed by atoms with Crippen LogP contribution in [0, 0.1) is 5.82 Å². The minimum atomic E-state index is -0.274. The number of anilines is 2. The van der Waals surface area contributed by atoms with E-state index in [4.69, 9.17) is 5.73 Å². The number of aliphatic hydroxyl groups is 1. The molecule has 1 heterocycles. The predicted octanol–water partition coefficient (Wildman–Crippen LogP) is 4.46. The number of aliphatic hydroxyl groups excluding tert-OH is 1. The summed E-state index contributed by atoms with van der Waals surface area (Å²) in [6, 6.07) is 11.4. The summed E-state index contributed by atoms with van der Waals surface area (Å²) in [6.45, 7) is 5.87. The molecular formula is C23H32FIN4O. The van der Waals surface area contributed by atoms with Gasteiger partial charge in [0.15, 0.2) is 5.96 Å². The van der Waals surface area contributed by atoms with Crippen molar-refractivity contribution in [2.75, 3.05) is 23.3 Å². The molecule has 0 atom stereocenters. The number of nitrogens with two attached hydrogens (primary N) is 1. The zero-order valence-electron chi connectivity index (χ0n) is 17.7. The molecule has 0 aliphatic carbocycles. The largest absolute Gasteiger partial charge is 0.393 e. The maximum Gasteiger partial charge on any atom is 0.193 e. The zero-order valence-corrected chi connectivity index (χ0v) is 20.0. The average molecular weight is 526 g/mol. The normalized spacial score (nSPS) is 15.1.